The summed E-state index contributed by atoms with van der Waals surface area (Å²) in [5.74, 6) is -1.09. The Morgan fingerprint density at radius 2 is 2.06 bits per heavy atom. The van der Waals surface area contributed by atoms with Crippen molar-refractivity contribution >= 4 is 54.7 Å². The fourth-order valence-electron chi connectivity index (χ4n) is 7.35. The highest BCUT2D eigenvalue weighted by atomic mass is 35.5. The third-order valence-corrected chi connectivity index (χ3v) is 11.0. The molecule has 0 amide bonds. The van der Waals surface area contributed by atoms with Gasteiger partial charge < -0.3 is 25.0 Å². The number of halogens is 4. The summed E-state index contributed by atoms with van der Waals surface area (Å²) >= 11 is 7.91. The molecule has 4 aromatic rings. The first kappa shape index (κ1) is 32.5. The standard InChI is InChI=1S/C33H32ClF3N8O2S/c1-43(2)10-11-45-18(6-8-38)15-46-28-24-27(41-32(42-31(24)45)47-16-33-7-3-9-44(33)14-17(35)12-33)26(37)23(25(28)34)19-4-5-21(36)29-22(19)20(13-39)30(40)48-29/h4-5,17-18H,3,6-7,9-12,14-16,40H2,1-2H3/t17-,18?,33+/m1/s1. The van der Waals surface area contributed by atoms with E-state index in [2.05, 4.69) is 16.0 Å². The molecule has 0 spiro atoms. The molecule has 0 saturated carbocycles. The quantitative estimate of drug-likeness (QED) is 0.238. The minimum Gasteiger partial charge on any atom is -0.489 e. The first-order valence-corrected chi connectivity index (χ1v) is 16.8. The van der Waals surface area contributed by atoms with Crippen molar-refractivity contribution in [2.75, 3.05) is 64.1 Å². The molecule has 3 aliphatic heterocycles. The van der Waals surface area contributed by atoms with E-state index in [0.29, 0.717) is 26.1 Å². The number of ether oxygens (including phenoxy) is 2. The third kappa shape index (κ3) is 5.22. The van der Waals surface area contributed by atoms with E-state index < -0.39 is 29.4 Å². The SMILES string of the molecule is CN(C)CCN1c2nc(OC[C@@]34CCCN3C[C@H](F)C4)nc3c(F)c(-c4ccc(F)c5sc(N)c(C#N)c45)c(Cl)c(c23)OCC1CC#N. The van der Waals surface area contributed by atoms with Crippen molar-refractivity contribution in [3.8, 4) is 35.0 Å². The van der Waals surface area contributed by atoms with Gasteiger partial charge in [-0.15, -0.1) is 11.3 Å². The fraction of sp³-hybridized carbons (Fsp3) is 0.455. The molecule has 5 heterocycles. The summed E-state index contributed by atoms with van der Waals surface area (Å²) in [6, 6.07) is 6.16. The summed E-state index contributed by atoms with van der Waals surface area (Å²) < 4.78 is 59.3. The van der Waals surface area contributed by atoms with Crippen molar-refractivity contribution in [1.29, 1.82) is 10.5 Å². The van der Waals surface area contributed by atoms with Crippen LogP contribution in [0.3, 0.4) is 0 Å². The Bertz CT molecular complexity index is 2030. The maximum Gasteiger partial charge on any atom is 0.319 e. The number of fused-ring (bicyclic) bond motifs is 2. The molecule has 15 heteroatoms. The lowest BCUT2D eigenvalue weighted by atomic mass is 9.95. The monoisotopic (exact) mass is 696 g/mol. The predicted octanol–water partition coefficient (Wildman–Crippen LogP) is 5.89. The van der Waals surface area contributed by atoms with Crippen molar-refractivity contribution < 1.29 is 22.6 Å². The lowest BCUT2D eigenvalue weighted by Gasteiger charge is -2.32. The van der Waals surface area contributed by atoms with E-state index in [4.69, 9.17) is 31.8 Å². The second kappa shape index (κ2) is 12.4. The predicted molar refractivity (Wildman–Crippen MR) is 178 cm³/mol. The van der Waals surface area contributed by atoms with Crippen LogP contribution in [0.4, 0.5) is 24.0 Å². The molecule has 48 heavy (non-hydrogen) atoms. The highest BCUT2D eigenvalue weighted by molar-refractivity contribution is 7.23. The van der Waals surface area contributed by atoms with Gasteiger partial charge in [-0.25, -0.2) is 13.2 Å². The van der Waals surface area contributed by atoms with Crippen LogP contribution in [0.5, 0.6) is 11.8 Å². The van der Waals surface area contributed by atoms with E-state index >= 15 is 4.39 Å². The Kier molecular flexibility index (Phi) is 8.40. The number of aromatic nitrogens is 2. The molecule has 2 N–H and O–H groups in total. The zero-order chi connectivity index (χ0) is 33.9. The van der Waals surface area contributed by atoms with Gasteiger partial charge in [0.25, 0.3) is 0 Å². The average Bonchev–Trinajstić information content (AvgIpc) is 3.66. The molecule has 2 saturated heterocycles. The number of nitrogens with two attached hydrogens (primary N) is 1. The van der Waals surface area contributed by atoms with Gasteiger partial charge in [0.2, 0.25) is 0 Å². The van der Waals surface area contributed by atoms with Crippen LogP contribution in [-0.4, -0.2) is 91.0 Å². The third-order valence-electron chi connectivity index (χ3n) is 9.62. The van der Waals surface area contributed by atoms with Crippen molar-refractivity contribution in [1.82, 2.24) is 19.8 Å². The number of anilines is 2. The van der Waals surface area contributed by atoms with E-state index in [-0.39, 0.29) is 84.9 Å². The molecular weight excluding hydrogens is 665 g/mol. The summed E-state index contributed by atoms with van der Waals surface area (Å²) in [6.07, 6.45) is 1.09. The molecule has 2 fully saturated rings. The first-order chi connectivity index (χ1) is 23.1. The number of hydrogen-bond donors (Lipinski definition) is 1. The van der Waals surface area contributed by atoms with Crippen LogP contribution in [0.15, 0.2) is 12.1 Å². The Balaban J connectivity index is 1.46. The van der Waals surface area contributed by atoms with Crippen LogP contribution in [0, 0.1) is 34.3 Å². The number of hydrogen-bond acceptors (Lipinski definition) is 11. The molecule has 3 atom stereocenters. The van der Waals surface area contributed by atoms with Crippen molar-refractivity contribution in [2.24, 2.45) is 0 Å². The van der Waals surface area contributed by atoms with Gasteiger partial charge in [-0.1, -0.05) is 17.7 Å². The Hall–Kier alpha value is -4.08. The molecule has 0 radical (unpaired) electrons. The number of alkyl halides is 1. The van der Waals surface area contributed by atoms with Gasteiger partial charge in [0, 0.05) is 37.0 Å². The summed E-state index contributed by atoms with van der Waals surface area (Å²) in [7, 11) is 3.83. The fourth-order valence-corrected chi connectivity index (χ4v) is 8.63. The van der Waals surface area contributed by atoms with E-state index in [1.54, 1.807) is 0 Å². The Morgan fingerprint density at radius 1 is 1.25 bits per heavy atom. The van der Waals surface area contributed by atoms with Crippen molar-refractivity contribution in [3.05, 3.63) is 34.4 Å². The number of benzene rings is 2. The van der Waals surface area contributed by atoms with E-state index in [0.717, 1.165) is 30.7 Å². The number of nitrogen functional groups attached to an aromatic ring is 1. The molecule has 3 aliphatic rings. The summed E-state index contributed by atoms with van der Waals surface area (Å²) in [5, 5.41) is 20.0. The van der Waals surface area contributed by atoms with Crippen molar-refractivity contribution in [3.63, 3.8) is 0 Å². The first-order valence-electron chi connectivity index (χ1n) is 15.6. The second-order valence-corrected chi connectivity index (χ2v) is 14.3. The number of likely N-dealkylation sites (N-methyl/N-ethyl adjacent to an activating group) is 1. The van der Waals surface area contributed by atoms with Gasteiger partial charge in [-0.05, 0) is 45.1 Å². The Morgan fingerprint density at radius 3 is 2.81 bits per heavy atom. The van der Waals surface area contributed by atoms with Crippen LogP contribution in [0.25, 0.3) is 32.1 Å². The van der Waals surface area contributed by atoms with Gasteiger partial charge in [0.1, 0.15) is 47.6 Å². The van der Waals surface area contributed by atoms with E-state index in [9.17, 15) is 19.3 Å². The summed E-state index contributed by atoms with van der Waals surface area (Å²) in [5.41, 5.74) is 5.42. The molecule has 1 unspecified atom stereocenters. The van der Waals surface area contributed by atoms with E-state index in [1.807, 2.05) is 30.0 Å². The van der Waals surface area contributed by atoms with Crippen molar-refractivity contribution in [2.45, 2.75) is 43.4 Å². The summed E-state index contributed by atoms with van der Waals surface area (Å²) in [4.78, 5) is 15.3. The van der Waals surface area contributed by atoms with Gasteiger partial charge in [0.15, 0.2) is 11.6 Å². The number of rotatable bonds is 8. The topological polar surface area (TPSA) is 128 Å². The highest BCUT2D eigenvalue weighted by Crippen LogP contribution is 2.51. The van der Waals surface area contributed by atoms with Crippen LogP contribution < -0.4 is 20.1 Å². The molecule has 250 valence electrons. The lowest BCUT2D eigenvalue weighted by Crippen LogP contribution is -2.44. The van der Waals surface area contributed by atoms with E-state index in [1.165, 1.54) is 12.1 Å². The minimum atomic E-state index is -0.969. The number of nitriles is 2. The van der Waals surface area contributed by atoms with Crippen LogP contribution >= 0.6 is 22.9 Å². The zero-order valence-electron chi connectivity index (χ0n) is 26.3. The molecular formula is C33H32ClF3N8O2S. The van der Waals surface area contributed by atoms with Gasteiger partial charge in [-0.2, -0.15) is 20.5 Å². The Labute approximate surface area is 284 Å². The molecule has 10 nitrogen and oxygen atoms in total. The second-order valence-electron chi connectivity index (χ2n) is 12.8. The average molecular weight is 697 g/mol. The largest absolute Gasteiger partial charge is 0.489 e. The van der Waals surface area contributed by atoms with Crippen LogP contribution in [0.2, 0.25) is 5.02 Å². The smallest absolute Gasteiger partial charge is 0.319 e. The molecule has 0 aliphatic carbocycles. The maximum absolute atomic E-state index is 17.2. The zero-order valence-corrected chi connectivity index (χ0v) is 27.9. The number of thiophene rings is 1. The van der Waals surface area contributed by atoms with Gasteiger partial charge in [0.05, 0.1) is 44.7 Å². The normalized spacial score (nSPS) is 22.1. The molecule has 0 bridgehead atoms. The number of nitrogens with zero attached hydrogens (tertiary/aromatic N) is 7. The van der Waals surface area contributed by atoms with Crippen LogP contribution in [0.1, 0.15) is 31.2 Å². The van der Waals surface area contributed by atoms with Gasteiger partial charge in [-0.3, -0.25) is 4.90 Å². The minimum absolute atomic E-state index is 0.00583. The molecule has 2 aromatic heterocycles. The van der Waals surface area contributed by atoms with Gasteiger partial charge >= 0.3 is 6.01 Å². The molecule has 7 rings (SSSR count). The lowest BCUT2D eigenvalue weighted by molar-refractivity contribution is 0.107. The molecule has 2 aromatic carbocycles. The maximum atomic E-state index is 17.2. The summed E-state index contributed by atoms with van der Waals surface area (Å²) in [6.45, 7) is 2.23. The van der Waals surface area contributed by atoms with Crippen LogP contribution in [-0.2, 0) is 0 Å². The highest BCUT2D eigenvalue weighted by Gasteiger charge is 2.49.